The Kier molecular flexibility index (Phi) is 3.77. The first-order valence-corrected chi connectivity index (χ1v) is 7.03. The summed E-state index contributed by atoms with van der Waals surface area (Å²) in [6.07, 6.45) is 5.42. The van der Waals surface area contributed by atoms with E-state index < -0.39 is 0 Å². The Hall–Kier alpha value is -2.49. The topological polar surface area (TPSA) is 41.6 Å². The van der Waals surface area contributed by atoms with Crippen LogP contribution in [0.15, 0.2) is 48.8 Å². The highest BCUT2D eigenvalue weighted by Crippen LogP contribution is 2.30. The second kappa shape index (κ2) is 5.87. The van der Waals surface area contributed by atoms with Gasteiger partial charge in [0, 0.05) is 29.9 Å². The van der Waals surface area contributed by atoms with Gasteiger partial charge in [0.2, 0.25) is 0 Å². The highest BCUT2D eigenvalue weighted by molar-refractivity contribution is 5.78. The van der Waals surface area contributed by atoms with Crippen molar-refractivity contribution in [3.05, 3.63) is 60.4 Å². The van der Waals surface area contributed by atoms with E-state index in [-0.39, 0.29) is 5.82 Å². The maximum absolute atomic E-state index is 13.1. The number of halogens is 1. The normalized spacial score (nSPS) is 10.8. The number of hydrogen-bond acceptors (Lipinski definition) is 2. The molecule has 106 valence electrons. The Morgan fingerprint density at radius 3 is 2.38 bits per heavy atom. The molecular formula is C17H16FN3. The molecular weight excluding hydrogens is 265 g/mol. The molecule has 0 spiro atoms. The van der Waals surface area contributed by atoms with Crippen molar-refractivity contribution >= 4 is 0 Å². The first-order chi connectivity index (χ1) is 10.3. The Morgan fingerprint density at radius 1 is 1.00 bits per heavy atom. The molecule has 0 amide bonds. The molecule has 1 aromatic carbocycles. The number of rotatable bonds is 4. The largest absolute Gasteiger partial charge is 0.341 e. The van der Waals surface area contributed by atoms with Gasteiger partial charge in [0.25, 0.3) is 0 Å². The van der Waals surface area contributed by atoms with Crippen LogP contribution in [0, 0.1) is 5.82 Å². The summed E-state index contributed by atoms with van der Waals surface area (Å²) < 4.78 is 13.1. The zero-order valence-electron chi connectivity index (χ0n) is 11.8. The first-order valence-electron chi connectivity index (χ1n) is 7.03. The molecule has 2 aromatic heterocycles. The minimum atomic E-state index is -0.242. The third-order valence-corrected chi connectivity index (χ3v) is 3.33. The van der Waals surface area contributed by atoms with Crippen LogP contribution in [0.5, 0.6) is 0 Å². The summed E-state index contributed by atoms with van der Waals surface area (Å²) >= 11 is 0. The van der Waals surface area contributed by atoms with Crippen LogP contribution in [-0.4, -0.2) is 15.0 Å². The lowest BCUT2D eigenvalue weighted by atomic mass is 10.1. The van der Waals surface area contributed by atoms with E-state index in [4.69, 9.17) is 0 Å². The molecule has 0 bridgehead atoms. The Labute approximate surface area is 122 Å². The van der Waals surface area contributed by atoms with Crippen molar-refractivity contribution in [3.63, 3.8) is 0 Å². The minimum Gasteiger partial charge on any atom is -0.341 e. The van der Waals surface area contributed by atoms with Gasteiger partial charge in [0.1, 0.15) is 11.6 Å². The zero-order chi connectivity index (χ0) is 14.7. The van der Waals surface area contributed by atoms with Crippen LogP contribution in [0.3, 0.4) is 0 Å². The molecule has 0 aliphatic rings. The van der Waals surface area contributed by atoms with Crippen LogP contribution in [0.4, 0.5) is 4.39 Å². The quantitative estimate of drug-likeness (QED) is 0.777. The van der Waals surface area contributed by atoms with Gasteiger partial charge in [-0.25, -0.2) is 9.37 Å². The molecule has 0 unspecified atom stereocenters. The number of imidazole rings is 1. The summed E-state index contributed by atoms with van der Waals surface area (Å²) in [6, 6.07) is 10.3. The summed E-state index contributed by atoms with van der Waals surface area (Å²) in [7, 11) is 0. The molecule has 3 nitrogen and oxygen atoms in total. The first kappa shape index (κ1) is 13.5. The minimum absolute atomic E-state index is 0.242. The molecule has 0 aliphatic heterocycles. The van der Waals surface area contributed by atoms with Gasteiger partial charge >= 0.3 is 0 Å². The predicted molar refractivity (Wildman–Crippen MR) is 81.2 cm³/mol. The molecule has 1 N–H and O–H groups in total. The lowest BCUT2D eigenvalue weighted by Crippen LogP contribution is -1.85. The highest BCUT2D eigenvalue weighted by atomic mass is 19.1. The third-order valence-electron chi connectivity index (χ3n) is 3.33. The average molecular weight is 281 g/mol. The van der Waals surface area contributed by atoms with Crippen molar-refractivity contribution in [2.45, 2.75) is 19.8 Å². The second-order valence-electron chi connectivity index (χ2n) is 4.90. The van der Waals surface area contributed by atoms with E-state index in [9.17, 15) is 4.39 Å². The molecule has 3 rings (SSSR count). The van der Waals surface area contributed by atoms with Gasteiger partial charge in [-0.2, -0.15) is 0 Å². The molecule has 0 fully saturated rings. The molecule has 0 saturated carbocycles. The molecule has 4 heteroatoms. The van der Waals surface area contributed by atoms with Gasteiger partial charge in [-0.15, -0.1) is 0 Å². The summed E-state index contributed by atoms with van der Waals surface area (Å²) in [5.74, 6) is 0.706. The molecule has 0 saturated heterocycles. The number of nitrogens with zero attached hydrogens (tertiary/aromatic N) is 2. The van der Waals surface area contributed by atoms with Crippen molar-refractivity contribution in [1.82, 2.24) is 15.0 Å². The number of aromatic nitrogens is 3. The number of H-pyrrole nitrogens is 1. The van der Waals surface area contributed by atoms with Crippen molar-refractivity contribution < 1.29 is 4.39 Å². The third kappa shape index (κ3) is 2.84. The van der Waals surface area contributed by atoms with Gasteiger partial charge in [-0.05, 0) is 42.8 Å². The zero-order valence-corrected chi connectivity index (χ0v) is 11.8. The van der Waals surface area contributed by atoms with Gasteiger partial charge in [0.05, 0.1) is 11.4 Å². The van der Waals surface area contributed by atoms with Crippen molar-refractivity contribution in [3.8, 4) is 22.5 Å². The van der Waals surface area contributed by atoms with Crippen molar-refractivity contribution in [2.75, 3.05) is 0 Å². The molecule has 21 heavy (non-hydrogen) atoms. The van der Waals surface area contributed by atoms with Crippen LogP contribution in [0.25, 0.3) is 22.5 Å². The van der Waals surface area contributed by atoms with Gasteiger partial charge in [-0.1, -0.05) is 6.92 Å². The highest BCUT2D eigenvalue weighted by Gasteiger charge is 2.13. The van der Waals surface area contributed by atoms with E-state index in [1.165, 1.54) is 12.1 Å². The van der Waals surface area contributed by atoms with E-state index in [1.807, 2.05) is 12.1 Å². The fourth-order valence-electron chi connectivity index (χ4n) is 2.32. The van der Waals surface area contributed by atoms with Crippen LogP contribution < -0.4 is 0 Å². The van der Waals surface area contributed by atoms with Crippen molar-refractivity contribution in [2.24, 2.45) is 0 Å². The van der Waals surface area contributed by atoms with Crippen LogP contribution in [0.2, 0.25) is 0 Å². The Morgan fingerprint density at radius 2 is 1.71 bits per heavy atom. The predicted octanol–water partition coefficient (Wildman–Crippen LogP) is 4.23. The van der Waals surface area contributed by atoms with Crippen molar-refractivity contribution in [1.29, 1.82) is 0 Å². The lowest BCUT2D eigenvalue weighted by Gasteiger charge is -2.02. The molecule has 0 aliphatic carbocycles. The number of hydrogen-bond donors (Lipinski definition) is 1. The van der Waals surface area contributed by atoms with E-state index >= 15 is 0 Å². The summed E-state index contributed by atoms with van der Waals surface area (Å²) in [5.41, 5.74) is 3.73. The van der Waals surface area contributed by atoms with E-state index in [1.54, 1.807) is 24.5 Å². The maximum atomic E-state index is 13.1. The van der Waals surface area contributed by atoms with Gasteiger partial charge in [0.15, 0.2) is 0 Å². The number of nitrogens with one attached hydrogen (secondary N) is 1. The fraction of sp³-hybridized carbons (Fsp3) is 0.176. The maximum Gasteiger partial charge on any atom is 0.123 e. The number of benzene rings is 1. The summed E-state index contributed by atoms with van der Waals surface area (Å²) in [5, 5.41) is 0. The molecule has 2 heterocycles. The fourth-order valence-corrected chi connectivity index (χ4v) is 2.32. The van der Waals surface area contributed by atoms with Gasteiger partial charge in [-0.3, -0.25) is 4.98 Å². The van der Waals surface area contributed by atoms with E-state index in [2.05, 4.69) is 21.9 Å². The Bertz CT molecular complexity index is 718. The van der Waals surface area contributed by atoms with Gasteiger partial charge < -0.3 is 4.98 Å². The summed E-state index contributed by atoms with van der Waals surface area (Å²) in [6.45, 7) is 2.12. The smallest absolute Gasteiger partial charge is 0.123 e. The number of pyridine rings is 1. The standard InChI is InChI=1S/C17H16FN3/c1-2-3-15-20-16(12-4-6-14(18)7-5-12)17(21-15)13-8-10-19-11-9-13/h4-11H,2-3H2,1H3,(H,20,21). The lowest BCUT2D eigenvalue weighted by molar-refractivity contribution is 0.628. The number of aryl methyl sites for hydroxylation is 1. The molecule has 0 radical (unpaired) electrons. The van der Waals surface area contributed by atoms with E-state index in [0.717, 1.165) is 41.2 Å². The number of aromatic amines is 1. The summed E-state index contributed by atoms with van der Waals surface area (Å²) in [4.78, 5) is 12.1. The second-order valence-corrected chi connectivity index (χ2v) is 4.90. The monoisotopic (exact) mass is 281 g/mol. The van der Waals surface area contributed by atoms with Crippen LogP contribution in [0.1, 0.15) is 19.2 Å². The Balaban J connectivity index is 2.11. The molecule has 0 atom stereocenters. The average Bonchev–Trinajstić information content (AvgIpc) is 2.93. The van der Waals surface area contributed by atoms with Crippen LogP contribution >= 0.6 is 0 Å². The van der Waals surface area contributed by atoms with Crippen LogP contribution in [-0.2, 0) is 6.42 Å². The molecule has 3 aromatic rings. The SMILES string of the molecule is CCCc1nc(-c2ccc(F)cc2)c(-c2ccncc2)[nH]1. The van der Waals surface area contributed by atoms with E-state index in [0.29, 0.717) is 0 Å².